The maximum atomic E-state index is 13.5. The lowest BCUT2D eigenvalue weighted by atomic mass is 10.0. The van der Waals surface area contributed by atoms with Crippen LogP contribution in [0, 0.1) is 6.92 Å². The van der Waals surface area contributed by atoms with E-state index < -0.39 is 22.5 Å². The van der Waals surface area contributed by atoms with Gasteiger partial charge in [0.05, 0.1) is 16.8 Å². The monoisotopic (exact) mass is 517 g/mol. The van der Waals surface area contributed by atoms with Crippen LogP contribution in [-0.2, 0) is 27.7 Å². The van der Waals surface area contributed by atoms with Crippen LogP contribution in [0.2, 0.25) is 5.02 Å². The molecule has 0 aliphatic heterocycles. The van der Waals surface area contributed by atoms with Gasteiger partial charge in [-0.2, -0.15) is 5.10 Å². The first kappa shape index (κ1) is 24.0. The summed E-state index contributed by atoms with van der Waals surface area (Å²) in [7, 11) is -4.02. The molecular formula is C28H24ClN3O3S. The van der Waals surface area contributed by atoms with Crippen molar-refractivity contribution < 1.29 is 13.2 Å². The maximum Gasteiger partial charge on any atom is 0.264 e. The first-order chi connectivity index (χ1) is 17.3. The predicted octanol–water partition coefficient (Wildman–Crippen LogP) is 5.25. The highest BCUT2D eigenvalue weighted by Crippen LogP contribution is 2.32. The van der Waals surface area contributed by atoms with Crippen molar-refractivity contribution in [2.24, 2.45) is 5.10 Å². The zero-order valence-corrected chi connectivity index (χ0v) is 21.2. The number of nitrogens with one attached hydrogen (secondary N) is 1. The van der Waals surface area contributed by atoms with Crippen molar-refractivity contribution in [3.63, 3.8) is 0 Å². The van der Waals surface area contributed by atoms with Crippen LogP contribution in [0.15, 0.2) is 88.9 Å². The normalized spacial score (nSPS) is 12.8. The van der Waals surface area contributed by atoms with Crippen LogP contribution in [0.4, 0.5) is 5.69 Å². The summed E-state index contributed by atoms with van der Waals surface area (Å²) in [4.78, 5) is 13.0. The van der Waals surface area contributed by atoms with Crippen molar-refractivity contribution in [1.29, 1.82) is 0 Å². The summed E-state index contributed by atoms with van der Waals surface area (Å²) >= 11 is 6.08. The van der Waals surface area contributed by atoms with Crippen LogP contribution in [0.3, 0.4) is 0 Å². The number of aryl methyl sites for hydroxylation is 3. The van der Waals surface area contributed by atoms with Gasteiger partial charge < -0.3 is 0 Å². The molecule has 0 radical (unpaired) electrons. The lowest BCUT2D eigenvalue weighted by Crippen LogP contribution is -2.40. The van der Waals surface area contributed by atoms with E-state index in [0.717, 1.165) is 28.1 Å². The Labute approximate surface area is 215 Å². The molecule has 0 saturated heterocycles. The van der Waals surface area contributed by atoms with Crippen LogP contribution in [0.5, 0.6) is 0 Å². The smallest absolute Gasteiger partial charge is 0.264 e. The first-order valence-electron chi connectivity index (χ1n) is 11.5. The van der Waals surface area contributed by atoms with Gasteiger partial charge in [-0.15, -0.1) is 0 Å². The Morgan fingerprint density at radius 1 is 1.00 bits per heavy atom. The average molecular weight is 518 g/mol. The lowest BCUT2D eigenvalue weighted by molar-refractivity contribution is -0.119. The summed E-state index contributed by atoms with van der Waals surface area (Å²) in [6, 6.07) is 23.2. The Balaban J connectivity index is 1.41. The van der Waals surface area contributed by atoms with Crippen molar-refractivity contribution in [3.8, 4) is 0 Å². The molecule has 36 heavy (non-hydrogen) atoms. The number of hydrogen-bond acceptors (Lipinski definition) is 4. The molecular weight excluding hydrogens is 494 g/mol. The number of carbonyl (C=O) groups excluding carboxylic acids is 1. The number of rotatable bonds is 7. The second-order valence-electron chi connectivity index (χ2n) is 8.70. The Hall–Kier alpha value is -3.68. The van der Waals surface area contributed by atoms with E-state index in [-0.39, 0.29) is 4.90 Å². The van der Waals surface area contributed by atoms with E-state index in [0.29, 0.717) is 16.3 Å². The summed E-state index contributed by atoms with van der Waals surface area (Å²) in [6.07, 6.45) is 3.66. The van der Waals surface area contributed by atoms with Crippen molar-refractivity contribution in [1.82, 2.24) is 5.43 Å². The summed E-state index contributed by atoms with van der Waals surface area (Å²) in [5.74, 6) is -0.564. The highest BCUT2D eigenvalue weighted by molar-refractivity contribution is 7.92. The quantitative estimate of drug-likeness (QED) is 0.269. The second kappa shape index (κ2) is 9.76. The Bertz CT molecular complexity index is 1590. The molecule has 0 atom stereocenters. The van der Waals surface area contributed by atoms with Crippen LogP contribution in [0.25, 0.3) is 10.8 Å². The van der Waals surface area contributed by atoms with Crippen molar-refractivity contribution in [2.75, 3.05) is 10.8 Å². The van der Waals surface area contributed by atoms with Crippen molar-refractivity contribution in [3.05, 3.63) is 106 Å². The number of sulfonamides is 1. The van der Waals surface area contributed by atoms with E-state index in [2.05, 4.69) is 22.7 Å². The molecule has 0 heterocycles. The van der Waals surface area contributed by atoms with Gasteiger partial charge in [0, 0.05) is 10.6 Å². The highest BCUT2D eigenvalue weighted by Gasteiger charge is 2.28. The molecule has 0 saturated carbocycles. The predicted molar refractivity (Wildman–Crippen MR) is 144 cm³/mol. The minimum absolute atomic E-state index is 0.0866. The van der Waals surface area contributed by atoms with Crippen LogP contribution in [-0.4, -0.2) is 27.1 Å². The fourth-order valence-corrected chi connectivity index (χ4v) is 6.37. The molecule has 1 aliphatic rings. The number of hydrazone groups is 1. The summed E-state index contributed by atoms with van der Waals surface area (Å²) in [5.41, 5.74) is 7.03. The molecule has 0 spiro atoms. The molecule has 5 rings (SSSR count). The van der Waals surface area contributed by atoms with Gasteiger partial charge in [0.1, 0.15) is 6.54 Å². The third-order valence-corrected chi connectivity index (χ3v) is 8.36. The largest absolute Gasteiger partial charge is 0.271 e. The lowest BCUT2D eigenvalue weighted by Gasteiger charge is -2.25. The molecule has 0 bridgehead atoms. The van der Waals surface area contributed by atoms with Gasteiger partial charge >= 0.3 is 0 Å². The third-order valence-electron chi connectivity index (χ3n) is 6.35. The SMILES string of the molecule is Cc1cc(Cl)ccc1N(CC(=O)N/N=C/c1ccc2c3c(cccc13)CC2)S(=O)(=O)c1ccccc1. The Kier molecular flexibility index (Phi) is 6.51. The van der Waals surface area contributed by atoms with Gasteiger partial charge in [0.15, 0.2) is 0 Å². The maximum absolute atomic E-state index is 13.5. The molecule has 1 amide bonds. The van der Waals surface area contributed by atoms with E-state index >= 15 is 0 Å². The number of benzene rings is 4. The topological polar surface area (TPSA) is 78.8 Å². The van der Waals surface area contributed by atoms with Gasteiger partial charge in [-0.3, -0.25) is 9.10 Å². The molecule has 8 heteroatoms. The average Bonchev–Trinajstić information content (AvgIpc) is 3.29. The van der Waals surface area contributed by atoms with Crippen molar-refractivity contribution >= 4 is 50.2 Å². The number of carbonyl (C=O) groups is 1. The number of amides is 1. The molecule has 1 aliphatic carbocycles. The standard InChI is InChI=1S/C28H24ClN3O3S/c1-19-16-23(29)14-15-26(19)32(36(34,35)24-7-3-2-4-8-24)18-27(33)31-30-17-22-13-12-21-11-10-20-6-5-9-25(22)28(20)21/h2-9,12-17H,10-11,18H2,1H3,(H,31,33)/b30-17+. The fraction of sp³-hybridized carbons (Fsp3) is 0.143. The van der Waals surface area contributed by atoms with E-state index in [4.69, 9.17) is 11.6 Å². The molecule has 0 aromatic heterocycles. The minimum Gasteiger partial charge on any atom is -0.271 e. The zero-order valence-electron chi connectivity index (χ0n) is 19.6. The van der Waals surface area contributed by atoms with Gasteiger partial charge in [0.25, 0.3) is 15.9 Å². The third kappa shape index (κ3) is 4.59. The number of hydrogen-bond donors (Lipinski definition) is 1. The van der Waals surface area contributed by atoms with E-state index in [9.17, 15) is 13.2 Å². The molecule has 4 aromatic rings. The van der Waals surface area contributed by atoms with Crippen LogP contribution >= 0.6 is 11.6 Å². The Morgan fingerprint density at radius 2 is 1.75 bits per heavy atom. The van der Waals surface area contributed by atoms with Crippen LogP contribution < -0.4 is 9.73 Å². The van der Waals surface area contributed by atoms with Gasteiger partial charge in [-0.1, -0.05) is 60.1 Å². The second-order valence-corrected chi connectivity index (χ2v) is 11.0. The van der Waals surface area contributed by atoms with Gasteiger partial charge in [-0.25, -0.2) is 13.8 Å². The summed E-state index contributed by atoms with van der Waals surface area (Å²) in [6.45, 7) is 1.31. The molecule has 182 valence electrons. The van der Waals surface area contributed by atoms with E-state index in [1.54, 1.807) is 49.5 Å². The molecule has 1 N–H and O–H groups in total. The van der Waals surface area contributed by atoms with Crippen LogP contribution in [0.1, 0.15) is 22.3 Å². The van der Waals surface area contributed by atoms with E-state index in [1.807, 2.05) is 18.2 Å². The minimum atomic E-state index is -4.02. The molecule has 0 unspecified atom stereocenters. The first-order valence-corrected chi connectivity index (χ1v) is 13.4. The summed E-state index contributed by atoms with van der Waals surface area (Å²) < 4.78 is 28.1. The zero-order chi connectivity index (χ0) is 25.3. The number of halogens is 1. The Morgan fingerprint density at radius 3 is 2.50 bits per heavy atom. The van der Waals surface area contributed by atoms with Gasteiger partial charge in [-0.05, 0) is 77.6 Å². The molecule has 4 aromatic carbocycles. The van der Waals surface area contributed by atoms with E-state index in [1.165, 1.54) is 28.6 Å². The molecule has 6 nitrogen and oxygen atoms in total. The summed E-state index contributed by atoms with van der Waals surface area (Å²) in [5, 5.41) is 6.97. The van der Waals surface area contributed by atoms with Gasteiger partial charge in [0.2, 0.25) is 0 Å². The van der Waals surface area contributed by atoms with Crippen molar-refractivity contribution in [2.45, 2.75) is 24.7 Å². The fourth-order valence-electron chi connectivity index (χ4n) is 4.64. The number of nitrogens with zero attached hydrogens (tertiary/aromatic N) is 2. The molecule has 0 fully saturated rings. The number of anilines is 1. The highest BCUT2D eigenvalue weighted by atomic mass is 35.5.